The summed E-state index contributed by atoms with van der Waals surface area (Å²) in [6.45, 7) is 9.48. The first kappa shape index (κ1) is 12.7. The molecule has 0 spiro atoms. The highest BCUT2D eigenvalue weighted by molar-refractivity contribution is 5.26. The summed E-state index contributed by atoms with van der Waals surface area (Å²) in [4.78, 5) is 0. The minimum atomic E-state index is 0.418. The van der Waals surface area contributed by atoms with Crippen molar-refractivity contribution in [3.05, 3.63) is 23.0 Å². The van der Waals surface area contributed by atoms with Crippen molar-refractivity contribution in [3.8, 4) is 0 Å². The van der Waals surface area contributed by atoms with E-state index in [4.69, 9.17) is 4.74 Å². The first-order valence-electron chi connectivity index (χ1n) is 6.53. The van der Waals surface area contributed by atoms with Crippen LogP contribution in [0.25, 0.3) is 0 Å². The molecular formula is C14H24N2O. The lowest BCUT2D eigenvalue weighted by Gasteiger charge is -2.14. The second-order valence-corrected chi connectivity index (χ2v) is 5.21. The van der Waals surface area contributed by atoms with Gasteiger partial charge in [0.05, 0.1) is 6.10 Å². The maximum atomic E-state index is 5.57. The van der Waals surface area contributed by atoms with Crippen LogP contribution in [0.5, 0.6) is 0 Å². The van der Waals surface area contributed by atoms with Crippen molar-refractivity contribution < 1.29 is 4.74 Å². The number of aryl methyl sites for hydroxylation is 1. The van der Waals surface area contributed by atoms with Gasteiger partial charge in [-0.2, -0.15) is 0 Å². The Kier molecular flexibility index (Phi) is 3.89. The lowest BCUT2D eigenvalue weighted by Crippen LogP contribution is -2.26. The number of nitrogens with one attached hydrogen (secondary N) is 1. The Balaban J connectivity index is 1.83. The number of nitrogens with zero attached hydrogens (tertiary/aromatic N) is 1. The molecule has 3 nitrogen and oxygen atoms in total. The van der Waals surface area contributed by atoms with E-state index in [2.05, 4.69) is 43.8 Å². The quantitative estimate of drug-likeness (QED) is 0.867. The highest BCUT2D eigenvalue weighted by Gasteiger charge is 2.23. The number of hydrogen-bond acceptors (Lipinski definition) is 2. The Morgan fingerprint density at radius 2 is 2.24 bits per heavy atom. The van der Waals surface area contributed by atoms with E-state index >= 15 is 0 Å². The summed E-state index contributed by atoms with van der Waals surface area (Å²) in [5, 5.41) is 3.56. The van der Waals surface area contributed by atoms with Crippen LogP contribution in [0.2, 0.25) is 0 Å². The number of rotatable bonds is 4. The van der Waals surface area contributed by atoms with Crippen LogP contribution in [0.1, 0.15) is 30.3 Å². The summed E-state index contributed by atoms with van der Waals surface area (Å²) in [6.07, 6.45) is 1.61. The molecule has 0 amide bonds. The molecule has 0 saturated carbocycles. The first-order chi connectivity index (χ1) is 8.09. The highest BCUT2D eigenvalue weighted by atomic mass is 16.5. The van der Waals surface area contributed by atoms with Gasteiger partial charge >= 0.3 is 0 Å². The molecule has 2 unspecified atom stereocenters. The molecule has 1 aromatic rings. The molecule has 2 atom stereocenters. The van der Waals surface area contributed by atoms with Gasteiger partial charge in [0.15, 0.2) is 0 Å². The highest BCUT2D eigenvalue weighted by Crippen LogP contribution is 2.19. The average Bonchev–Trinajstić information content (AvgIpc) is 2.80. The van der Waals surface area contributed by atoms with E-state index in [1.54, 1.807) is 0 Å². The zero-order chi connectivity index (χ0) is 12.4. The number of ether oxygens (including phenoxy) is 1. The molecule has 2 heterocycles. The summed E-state index contributed by atoms with van der Waals surface area (Å²) in [7, 11) is 2.13. The third-order valence-electron chi connectivity index (χ3n) is 4.14. The fraction of sp³-hybridized carbons (Fsp3) is 0.714. The van der Waals surface area contributed by atoms with Crippen molar-refractivity contribution in [2.24, 2.45) is 13.0 Å². The van der Waals surface area contributed by atoms with E-state index < -0.39 is 0 Å². The third-order valence-corrected chi connectivity index (χ3v) is 4.14. The van der Waals surface area contributed by atoms with Crippen LogP contribution in [0.3, 0.4) is 0 Å². The Morgan fingerprint density at radius 1 is 1.47 bits per heavy atom. The Bertz CT molecular complexity index is 384. The van der Waals surface area contributed by atoms with Crippen molar-refractivity contribution in [1.29, 1.82) is 0 Å². The second-order valence-electron chi connectivity index (χ2n) is 5.21. The van der Waals surface area contributed by atoms with Crippen LogP contribution in [0, 0.1) is 19.8 Å². The summed E-state index contributed by atoms with van der Waals surface area (Å²) in [5.74, 6) is 0.681. The van der Waals surface area contributed by atoms with E-state index in [0.717, 1.165) is 19.7 Å². The second kappa shape index (κ2) is 5.23. The van der Waals surface area contributed by atoms with Crippen molar-refractivity contribution in [2.45, 2.75) is 39.8 Å². The lowest BCUT2D eigenvalue weighted by atomic mass is 10.0. The normalized spacial score (nSPS) is 24.5. The van der Waals surface area contributed by atoms with Crippen LogP contribution in [-0.4, -0.2) is 23.8 Å². The molecule has 1 N–H and O–H groups in total. The van der Waals surface area contributed by atoms with E-state index in [1.807, 2.05) is 0 Å². The van der Waals surface area contributed by atoms with Gasteiger partial charge in [0.2, 0.25) is 0 Å². The Morgan fingerprint density at radius 3 is 2.76 bits per heavy atom. The molecule has 0 radical (unpaired) electrons. The minimum absolute atomic E-state index is 0.418. The average molecular weight is 236 g/mol. The molecule has 17 heavy (non-hydrogen) atoms. The topological polar surface area (TPSA) is 26.2 Å². The molecule has 1 aliphatic heterocycles. The molecule has 0 bridgehead atoms. The fourth-order valence-corrected chi connectivity index (χ4v) is 2.55. The maximum Gasteiger partial charge on any atom is 0.0588 e. The van der Waals surface area contributed by atoms with Crippen molar-refractivity contribution in [3.63, 3.8) is 0 Å². The van der Waals surface area contributed by atoms with Gasteiger partial charge in [-0.05, 0) is 44.7 Å². The van der Waals surface area contributed by atoms with E-state index in [-0.39, 0.29) is 0 Å². The SMILES string of the molecule is Cc1cc(CNCC2CCOC2C)c(C)n1C. The summed E-state index contributed by atoms with van der Waals surface area (Å²) < 4.78 is 7.82. The van der Waals surface area contributed by atoms with Crippen LogP contribution in [0.4, 0.5) is 0 Å². The number of hydrogen-bond donors (Lipinski definition) is 1. The van der Waals surface area contributed by atoms with Gasteiger partial charge in [0, 0.05) is 38.1 Å². The van der Waals surface area contributed by atoms with Crippen LogP contribution in [-0.2, 0) is 18.3 Å². The van der Waals surface area contributed by atoms with E-state index in [9.17, 15) is 0 Å². The molecule has 1 aliphatic rings. The number of aromatic nitrogens is 1. The first-order valence-corrected chi connectivity index (χ1v) is 6.53. The van der Waals surface area contributed by atoms with Crippen molar-refractivity contribution in [1.82, 2.24) is 9.88 Å². The third kappa shape index (κ3) is 2.72. The van der Waals surface area contributed by atoms with Crippen LogP contribution >= 0.6 is 0 Å². The van der Waals surface area contributed by atoms with Crippen LogP contribution in [0.15, 0.2) is 6.07 Å². The molecule has 3 heteroatoms. The zero-order valence-corrected chi connectivity index (χ0v) is 11.4. The van der Waals surface area contributed by atoms with Gasteiger partial charge in [-0.3, -0.25) is 0 Å². The van der Waals surface area contributed by atoms with Crippen LogP contribution < -0.4 is 5.32 Å². The largest absolute Gasteiger partial charge is 0.378 e. The molecule has 2 rings (SSSR count). The van der Waals surface area contributed by atoms with Crippen molar-refractivity contribution >= 4 is 0 Å². The summed E-state index contributed by atoms with van der Waals surface area (Å²) in [6, 6.07) is 2.27. The fourth-order valence-electron chi connectivity index (χ4n) is 2.55. The predicted octanol–water partition coefficient (Wildman–Crippen LogP) is 2.16. The lowest BCUT2D eigenvalue weighted by molar-refractivity contribution is 0.105. The molecule has 0 aliphatic carbocycles. The smallest absolute Gasteiger partial charge is 0.0588 e. The monoisotopic (exact) mass is 236 g/mol. The summed E-state index contributed by atoms with van der Waals surface area (Å²) in [5.41, 5.74) is 4.11. The molecule has 1 saturated heterocycles. The van der Waals surface area contributed by atoms with E-state index in [0.29, 0.717) is 12.0 Å². The van der Waals surface area contributed by atoms with E-state index in [1.165, 1.54) is 23.4 Å². The Labute approximate surface area is 104 Å². The predicted molar refractivity (Wildman–Crippen MR) is 70.1 cm³/mol. The standard InChI is InChI=1S/C14H24N2O/c1-10-7-14(11(2)16(10)4)9-15-8-13-5-6-17-12(13)3/h7,12-13,15H,5-6,8-9H2,1-4H3. The maximum absolute atomic E-state index is 5.57. The molecule has 1 fully saturated rings. The molecular weight excluding hydrogens is 212 g/mol. The minimum Gasteiger partial charge on any atom is -0.378 e. The van der Waals surface area contributed by atoms with Gasteiger partial charge in [0.25, 0.3) is 0 Å². The summed E-state index contributed by atoms with van der Waals surface area (Å²) >= 11 is 0. The molecule has 0 aromatic carbocycles. The Hall–Kier alpha value is -0.800. The molecule has 1 aromatic heterocycles. The van der Waals surface area contributed by atoms with Gasteiger partial charge < -0.3 is 14.6 Å². The zero-order valence-electron chi connectivity index (χ0n) is 11.4. The van der Waals surface area contributed by atoms with Gasteiger partial charge in [-0.1, -0.05) is 0 Å². The van der Waals surface area contributed by atoms with Gasteiger partial charge in [-0.15, -0.1) is 0 Å². The van der Waals surface area contributed by atoms with Crippen molar-refractivity contribution in [2.75, 3.05) is 13.2 Å². The molecule has 96 valence electrons. The van der Waals surface area contributed by atoms with Gasteiger partial charge in [0.1, 0.15) is 0 Å². The van der Waals surface area contributed by atoms with Gasteiger partial charge in [-0.25, -0.2) is 0 Å².